The first-order chi connectivity index (χ1) is 12.7. The minimum absolute atomic E-state index is 0.00858. The second-order valence-corrected chi connectivity index (χ2v) is 8.62. The zero-order valence-electron chi connectivity index (χ0n) is 17.0. The number of carbonyl (C=O) groups excluding carboxylic acids is 1. The lowest BCUT2D eigenvalue weighted by Crippen LogP contribution is -2.51. The van der Waals surface area contributed by atoms with Gasteiger partial charge in [-0.25, -0.2) is 0 Å². The molecular weight excluding hydrogens is 338 g/mol. The molecule has 1 aliphatic heterocycles. The lowest BCUT2D eigenvalue weighted by atomic mass is 9.85. The van der Waals surface area contributed by atoms with Crippen LogP contribution in [0.4, 0.5) is 5.82 Å². The van der Waals surface area contributed by atoms with E-state index in [1.807, 2.05) is 6.92 Å². The highest BCUT2D eigenvalue weighted by Gasteiger charge is 2.31. The molecule has 0 bridgehead atoms. The first kappa shape index (κ1) is 19.4. The summed E-state index contributed by atoms with van der Waals surface area (Å²) in [5.41, 5.74) is 9.94. The summed E-state index contributed by atoms with van der Waals surface area (Å²) in [6.45, 7) is 11.0. The molecule has 0 aliphatic carbocycles. The quantitative estimate of drug-likeness (QED) is 0.868. The Hall–Kier alpha value is -2.34. The fraction of sp³-hybridized carbons (Fsp3) is 0.524. The average Bonchev–Trinajstić information content (AvgIpc) is 2.85. The molecule has 2 aromatic rings. The topological polar surface area (TPSA) is 76.2 Å². The second-order valence-electron chi connectivity index (χ2n) is 8.62. The molecule has 2 heterocycles. The molecule has 3 N–H and O–H groups in total. The van der Waals surface area contributed by atoms with E-state index in [9.17, 15) is 4.79 Å². The Morgan fingerprint density at radius 3 is 2.56 bits per heavy atom. The summed E-state index contributed by atoms with van der Waals surface area (Å²) in [4.78, 5) is 15.4. The van der Waals surface area contributed by atoms with Crippen molar-refractivity contribution < 1.29 is 4.79 Å². The zero-order valence-corrected chi connectivity index (χ0v) is 17.0. The Bertz CT molecular complexity index is 834. The van der Waals surface area contributed by atoms with Gasteiger partial charge in [-0.05, 0) is 29.9 Å². The Kier molecular flexibility index (Phi) is 5.29. The van der Waals surface area contributed by atoms with Crippen LogP contribution < -0.4 is 11.1 Å². The summed E-state index contributed by atoms with van der Waals surface area (Å²) in [5, 5.41) is 7.49. The minimum atomic E-state index is -0.143. The molecule has 27 heavy (non-hydrogen) atoms. The van der Waals surface area contributed by atoms with Crippen LogP contribution in [0.1, 0.15) is 48.0 Å². The molecule has 0 fully saturated rings. The number of amides is 1. The van der Waals surface area contributed by atoms with E-state index in [0.717, 1.165) is 26.1 Å². The minimum Gasteiger partial charge on any atom is -0.383 e. The molecule has 1 atom stereocenters. The number of hydrogen-bond acceptors (Lipinski definition) is 4. The van der Waals surface area contributed by atoms with Gasteiger partial charge in [0.1, 0.15) is 11.4 Å². The van der Waals surface area contributed by atoms with E-state index < -0.39 is 0 Å². The monoisotopic (exact) mass is 369 g/mol. The first-order valence-electron chi connectivity index (χ1n) is 9.56. The molecule has 0 spiro atoms. The number of aryl methyl sites for hydroxylation is 2. The van der Waals surface area contributed by atoms with Gasteiger partial charge in [-0.15, -0.1) is 0 Å². The van der Waals surface area contributed by atoms with E-state index in [1.165, 1.54) is 11.1 Å². The lowest BCUT2D eigenvalue weighted by Gasteiger charge is -2.38. The second kappa shape index (κ2) is 7.35. The van der Waals surface area contributed by atoms with Crippen molar-refractivity contribution in [1.82, 2.24) is 20.0 Å². The molecular formula is C21H31N5O. The van der Waals surface area contributed by atoms with Crippen LogP contribution in [0.2, 0.25) is 0 Å². The van der Waals surface area contributed by atoms with Crippen molar-refractivity contribution in [2.75, 3.05) is 18.8 Å². The standard InChI is InChI=1S/C21H31N5O/c1-14-18(19(22)25(5)24-14)20(27)23-17(21(2,3)4)13-26-11-10-15-8-6-7-9-16(15)12-26/h6-9,17H,10-13,22H2,1-5H3,(H,23,27). The number of carbonyl (C=O) groups is 1. The Morgan fingerprint density at radius 2 is 1.96 bits per heavy atom. The molecule has 146 valence electrons. The molecule has 0 saturated heterocycles. The first-order valence-corrected chi connectivity index (χ1v) is 9.56. The van der Waals surface area contributed by atoms with Crippen LogP contribution in [-0.2, 0) is 20.0 Å². The summed E-state index contributed by atoms with van der Waals surface area (Å²) >= 11 is 0. The summed E-state index contributed by atoms with van der Waals surface area (Å²) in [7, 11) is 1.76. The maximum Gasteiger partial charge on any atom is 0.257 e. The highest BCUT2D eigenvalue weighted by atomic mass is 16.1. The number of hydrogen-bond donors (Lipinski definition) is 2. The Morgan fingerprint density at radius 1 is 1.30 bits per heavy atom. The van der Waals surface area contributed by atoms with Crippen LogP contribution in [0, 0.1) is 12.3 Å². The maximum absolute atomic E-state index is 12.9. The average molecular weight is 370 g/mol. The highest BCUT2D eigenvalue weighted by molar-refractivity contribution is 5.99. The third-order valence-electron chi connectivity index (χ3n) is 5.49. The van der Waals surface area contributed by atoms with Gasteiger partial charge in [0.2, 0.25) is 0 Å². The van der Waals surface area contributed by atoms with Gasteiger partial charge in [-0.2, -0.15) is 5.10 Å². The number of nitrogens with two attached hydrogens (primary N) is 1. The normalized spacial score (nSPS) is 16.0. The van der Waals surface area contributed by atoms with E-state index in [4.69, 9.17) is 5.73 Å². The molecule has 1 aromatic heterocycles. The number of nitrogens with one attached hydrogen (secondary N) is 1. The molecule has 1 aromatic carbocycles. The SMILES string of the molecule is Cc1nn(C)c(N)c1C(=O)NC(CN1CCc2ccccc2C1)C(C)(C)C. The van der Waals surface area contributed by atoms with Crippen molar-refractivity contribution in [3.63, 3.8) is 0 Å². The smallest absolute Gasteiger partial charge is 0.257 e. The number of benzene rings is 1. The summed E-state index contributed by atoms with van der Waals surface area (Å²) in [6.07, 6.45) is 1.05. The molecule has 1 amide bonds. The Labute approximate surface area is 161 Å². The van der Waals surface area contributed by atoms with Crippen molar-refractivity contribution >= 4 is 11.7 Å². The van der Waals surface area contributed by atoms with E-state index in [0.29, 0.717) is 17.1 Å². The van der Waals surface area contributed by atoms with Gasteiger partial charge in [0, 0.05) is 32.7 Å². The number of rotatable bonds is 4. The zero-order chi connectivity index (χ0) is 19.8. The van der Waals surface area contributed by atoms with Crippen molar-refractivity contribution in [1.29, 1.82) is 0 Å². The highest BCUT2D eigenvalue weighted by Crippen LogP contribution is 2.25. The largest absolute Gasteiger partial charge is 0.383 e. The van der Waals surface area contributed by atoms with Crippen molar-refractivity contribution in [2.45, 2.75) is 46.7 Å². The Balaban J connectivity index is 1.75. The van der Waals surface area contributed by atoms with Gasteiger partial charge in [-0.1, -0.05) is 45.0 Å². The summed E-state index contributed by atoms with van der Waals surface area (Å²) in [6, 6.07) is 8.62. The molecule has 6 nitrogen and oxygen atoms in total. The van der Waals surface area contributed by atoms with Crippen molar-refractivity contribution in [3.8, 4) is 0 Å². The van der Waals surface area contributed by atoms with E-state index in [2.05, 4.69) is 60.4 Å². The van der Waals surface area contributed by atoms with Gasteiger partial charge in [0.25, 0.3) is 5.91 Å². The number of anilines is 1. The number of nitrogens with zero attached hydrogens (tertiary/aromatic N) is 3. The van der Waals surface area contributed by atoms with Crippen LogP contribution in [0.3, 0.4) is 0 Å². The fourth-order valence-electron chi connectivity index (χ4n) is 3.69. The molecule has 6 heteroatoms. The van der Waals surface area contributed by atoms with Gasteiger partial charge in [0.05, 0.1) is 5.69 Å². The van der Waals surface area contributed by atoms with Crippen LogP contribution in [0.5, 0.6) is 0 Å². The predicted octanol–water partition coefficient (Wildman–Crippen LogP) is 2.51. The van der Waals surface area contributed by atoms with Crippen LogP contribution in [0.25, 0.3) is 0 Å². The maximum atomic E-state index is 12.9. The van der Waals surface area contributed by atoms with Gasteiger partial charge in [-0.3, -0.25) is 14.4 Å². The van der Waals surface area contributed by atoms with E-state index in [1.54, 1.807) is 11.7 Å². The number of fused-ring (bicyclic) bond motifs is 1. The molecule has 3 rings (SSSR count). The molecule has 1 unspecified atom stereocenters. The van der Waals surface area contributed by atoms with Crippen LogP contribution >= 0.6 is 0 Å². The molecule has 0 radical (unpaired) electrons. The van der Waals surface area contributed by atoms with Gasteiger partial charge < -0.3 is 11.1 Å². The van der Waals surface area contributed by atoms with Gasteiger partial charge >= 0.3 is 0 Å². The summed E-state index contributed by atoms with van der Waals surface area (Å²) < 4.78 is 1.55. The predicted molar refractivity (Wildman–Crippen MR) is 108 cm³/mol. The van der Waals surface area contributed by atoms with Crippen molar-refractivity contribution in [3.05, 3.63) is 46.6 Å². The molecule has 1 aliphatic rings. The van der Waals surface area contributed by atoms with Crippen LogP contribution in [0.15, 0.2) is 24.3 Å². The summed E-state index contributed by atoms with van der Waals surface area (Å²) in [5.74, 6) is 0.264. The van der Waals surface area contributed by atoms with E-state index >= 15 is 0 Å². The number of nitrogen functional groups attached to an aromatic ring is 1. The van der Waals surface area contributed by atoms with Gasteiger partial charge in [0.15, 0.2) is 0 Å². The van der Waals surface area contributed by atoms with Crippen molar-refractivity contribution in [2.24, 2.45) is 12.5 Å². The molecule has 0 saturated carbocycles. The lowest BCUT2D eigenvalue weighted by molar-refractivity contribution is 0.0863. The van der Waals surface area contributed by atoms with Crippen LogP contribution in [-0.4, -0.2) is 39.7 Å². The third-order valence-corrected chi connectivity index (χ3v) is 5.49. The number of aromatic nitrogens is 2. The van der Waals surface area contributed by atoms with E-state index in [-0.39, 0.29) is 17.4 Å². The third kappa shape index (κ3) is 4.16. The fourth-order valence-corrected chi connectivity index (χ4v) is 3.69.